The fourth-order valence-electron chi connectivity index (χ4n) is 2.88. The average Bonchev–Trinajstić information content (AvgIpc) is 2.76. The molecule has 2 heterocycles. The topological polar surface area (TPSA) is 46.9 Å². The first-order valence-electron chi connectivity index (χ1n) is 6.99. The lowest BCUT2D eigenvalue weighted by Gasteiger charge is -2.19. The SMILES string of the molecule is Cc1cc(CC(=O)c2cccc3c2CCNC3)n(C)n1. The fourth-order valence-corrected chi connectivity index (χ4v) is 2.88. The molecule has 0 saturated carbocycles. The molecule has 0 amide bonds. The van der Waals surface area contributed by atoms with E-state index < -0.39 is 0 Å². The van der Waals surface area contributed by atoms with Crippen LogP contribution in [0.15, 0.2) is 24.3 Å². The summed E-state index contributed by atoms with van der Waals surface area (Å²) in [5.74, 6) is 0.187. The van der Waals surface area contributed by atoms with E-state index >= 15 is 0 Å². The van der Waals surface area contributed by atoms with E-state index in [9.17, 15) is 4.79 Å². The Hall–Kier alpha value is -1.94. The highest BCUT2D eigenvalue weighted by Gasteiger charge is 2.18. The molecule has 0 spiro atoms. The second-order valence-electron chi connectivity index (χ2n) is 5.37. The highest BCUT2D eigenvalue weighted by molar-refractivity contribution is 5.99. The molecule has 20 heavy (non-hydrogen) atoms. The third kappa shape index (κ3) is 2.39. The minimum atomic E-state index is 0.187. The van der Waals surface area contributed by atoms with Gasteiger partial charge in [0.05, 0.1) is 12.1 Å². The van der Waals surface area contributed by atoms with Gasteiger partial charge < -0.3 is 5.32 Å². The second kappa shape index (κ2) is 5.21. The van der Waals surface area contributed by atoms with Crippen molar-refractivity contribution in [1.82, 2.24) is 15.1 Å². The van der Waals surface area contributed by atoms with Gasteiger partial charge >= 0.3 is 0 Å². The van der Waals surface area contributed by atoms with Gasteiger partial charge in [0.15, 0.2) is 5.78 Å². The van der Waals surface area contributed by atoms with Crippen LogP contribution in [-0.2, 0) is 26.4 Å². The van der Waals surface area contributed by atoms with E-state index in [1.165, 1.54) is 11.1 Å². The van der Waals surface area contributed by atoms with Gasteiger partial charge in [-0.25, -0.2) is 0 Å². The Labute approximate surface area is 118 Å². The van der Waals surface area contributed by atoms with Gasteiger partial charge in [0.1, 0.15) is 0 Å². The number of nitrogens with zero attached hydrogens (tertiary/aromatic N) is 2. The van der Waals surface area contributed by atoms with Crippen LogP contribution in [0.2, 0.25) is 0 Å². The van der Waals surface area contributed by atoms with Gasteiger partial charge in [-0.15, -0.1) is 0 Å². The quantitative estimate of drug-likeness (QED) is 0.864. The lowest BCUT2D eigenvalue weighted by Crippen LogP contribution is -2.25. The van der Waals surface area contributed by atoms with Crippen molar-refractivity contribution in [2.75, 3.05) is 6.54 Å². The van der Waals surface area contributed by atoms with Crippen molar-refractivity contribution in [3.05, 3.63) is 52.3 Å². The number of nitrogens with one attached hydrogen (secondary N) is 1. The van der Waals surface area contributed by atoms with Crippen LogP contribution in [0.1, 0.15) is 32.9 Å². The van der Waals surface area contributed by atoms with E-state index in [-0.39, 0.29) is 5.78 Å². The van der Waals surface area contributed by atoms with Crippen molar-refractivity contribution in [3.63, 3.8) is 0 Å². The molecule has 3 rings (SSSR count). The lowest BCUT2D eigenvalue weighted by molar-refractivity contribution is 0.0989. The summed E-state index contributed by atoms with van der Waals surface area (Å²) >= 11 is 0. The monoisotopic (exact) mass is 269 g/mol. The molecule has 0 atom stereocenters. The van der Waals surface area contributed by atoms with E-state index in [2.05, 4.69) is 16.5 Å². The Morgan fingerprint density at radius 3 is 3.05 bits per heavy atom. The van der Waals surface area contributed by atoms with Gasteiger partial charge in [-0.1, -0.05) is 18.2 Å². The molecule has 0 saturated heterocycles. The maximum atomic E-state index is 12.6. The highest BCUT2D eigenvalue weighted by atomic mass is 16.1. The first-order valence-corrected chi connectivity index (χ1v) is 6.99. The Morgan fingerprint density at radius 1 is 1.45 bits per heavy atom. The average molecular weight is 269 g/mol. The van der Waals surface area contributed by atoms with Gasteiger partial charge in [-0.2, -0.15) is 5.10 Å². The van der Waals surface area contributed by atoms with E-state index in [4.69, 9.17) is 0 Å². The van der Waals surface area contributed by atoms with E-state index in [0.29, 0.717) is 6.42 Å². The van der Waals surface area contributed by atoms with Crippen molar-refractivity contribution in [1.29, 1.82) is 0 Å². The zero-order valence-electron chi connectivity index (χ0n) is 11.9. The van der Waals surface area contributed by atoms with E-state index in [1.54, 1.807) is 4.68 Å². The smallest absolute Gasteiger partial charge is 0.169 e. The van der Waals surface area contributed by atoms with E-state index in [1.807, 2.05) is 32.2 Å². The van der Waals surface area contributed by atoms with Crippen LogP contribution < -0.4 is 5.32 Å². The molecular weight excluding hydrogens is 250 g/mol. The van der Waals surface area contributed by atoms with Crippen LogP contribution in [0.3, 0.4) is 0 Å². The molecule has 2 aromatic rings. The number of benzene rings is 1. The molecule has 0 radical (unpaired) electrons. The minimum Gasteiger partial charge on any atom is -0.312 e. The Kier molecular flexibility index (Phi) is 3.40. The van der Waals surface area contributed by atoms with Crippen molar-refractivity contribution < 1.29 is 4.79 Å². The first-order chi connectivity index (χ1) is 9.65. The molecular formula is C16H19N3O. The van der Waals surface area contributed by atoms with Crippen molar-refractivity contribution >= 4 is 5.78 Å². The number of hydrogen-bond donors (Lipinski definition) is 1. The predicted octanol–water partition coefficient (Wildman–Crippen LogP) is 1.80. The normalized spacial score (nSPS) is 14.1. The number of Topliss-reactive ketones (excluding diaryl/α,β-unsaturated/α-hetero) is 1. The lowest BCUT2D eigenvalue weighted by atomic mass is 9.92. The molecule has 1 aromatic heterocycles. The summed E-state index contributed by atoms with van der Waals surface area (Å²) in [7, 11) is 1.89. The minimum absolute atomic E-state index is 0.187. The van der Waals surface area contributed by atoms with Crippen molar-refractivity contribution in [3.8, 4) is 0 Å². The Bertz CT molecular complexity index is 658. The van der Waals surface area contributed by atoms with Crippen LogP contribution in [0, 0.1) is 6.92 Å². The van der Waals surface area contributed by atoms with Gasteiger partial charge in [0, 0.05) is 24.8 Å². The number of aromatic nitrogens is 2. The third-order valence-corrected chi connectivity index (χ3v) is 3.88. The maximum Gasteiger partial charge on any atom is 0.169 e. The van der Waals surface area contributed by atoms with E-state index in [0.717, 1.165) is 36.5 Å². The molecule has 104 valence electrons. The number of hydrogen-bond acceptors (Lipinski definition) is 3. The van der Waals surface area contributed by atoms with Gasteiger partial charge in [-0.3, -0.25) is 9.48 Å². The number of carbonyl (C=O) groups excluding carboxylic acids is 1. The summed E-state index contributed by atoms with van der Waals surface area (Å²) < 4.78 is 1.80. The molecule has 0 unspecified atom stereocenters. The molecule has 4 heteroatoms. The predicted molar refractivity (Wildman–Crippen MR) is 77.8 cm³/mol. The number of aryl methyl sites for hydroxylation is 2. The summed E-state index contributed by atoms with van der Waals surface area (Å²) in [6.07, 6.45) is 1.35. The molecule has 1 aliphatic heterocycles. The third-order valence-electron chi connectivity index (χ3n) is 3.88. The molecule has 4 nitrogen and oxygen atoms in total. The Balaban J connectivity index is 1.89. The number of rotatable bonds is 3. The summed E-state index contributed by atoms with van der Waals surface area (Å²) in [5.41, 5.74) is 5.27. The van der Waals surface area contributed by atoms with Gasteiger partial charge in [-0.05, 0) is 37.1 Å². The van der Waals surface area contributed by atoms with Crippen LogP contribution in [0.25, 0.3) is 0 Å². The molecule has 0 bridgehead atoms. The van der Waals surface area contributed by atoms with Crippen molar-refractivity contribution in [2.24, 2.45) is 7.05 Å². The molecule has 1 aromatic carbocycles. The van der Waals surface area contributed by atoms with Crippen LogP contribution >= 0.6 is 0 Å². The van der Waals surface area contributed by atoms with Gasteiger partial charge in [0.25, 0.3) is 0 Å². The first kappa shape index (κ1) is 13.1. The molecule has 1 aliphatic rings. The number of carbonyl (C=O) groups is 1. The molecule has 1 N–H and O–H groups in total. The highest BCUT2D eigenvalue weighted by Crippen LogP contribution is 2.20. The van der Waals surface area contributed by atoms with Crippen molar-refractivity contribution in [2.45, 2.75) is 26.3 Å². The molecule has 0 fully saturated rings. The van der Waals surface area contributed by atoms with Crippen LogP contribution in [0.5, 0.6) is 0 Å². The van der Waals surface area contributed by atoms with Gasteiger partial charge in [0.2, 0.25) is 0 Å². The number of ketones is 1. The second-order valence-corrected chi connectivity index (χ2v) is 5.37. The summed E-state index contributed by atoms with van der Waals surface area (Å²) in [6.45, 7) is 3.76. The summed E-state index contributed by atoms with van der Waals surface area (Å²) in [4.78, 5) is 12.6. The Morgan fingerprint density at radius 2 is 2.30 bits per heavy atom. The zero-order chi connectivity index (χ0) is 14.1. The summed E-state index contributed by atoms with van der Waals surface area (Å²) in [6, 6.07) is 8.02. The standard InChI is InChI=1S/C16H19N3O/c1-11-8-13(19(2)18-11)9-16(20)15-5-3-4-12-10-17-7-6-14(12)15/h3-5,8,17H,6-7,9-10H2,1-2H3. The fraction of sp³-hybridized carbons (Fsp3) is 0.375. The number of fused-ring (bicyclic) bond motifs is 1. The van der Waals surface area contributed by atoms with Crippen LogP contribution in [0.4, 0.5) is 0 Å². The summed E-state index contributed by atoms with van der Waals surface area (Å²) in [5, 5.41) is 7.64. The molecule has 0 aliphatic carbocycles. The van der Waals surface area contributed by atoms with Crippen LogP contribution in [-0.4, -0.2) is 22.1 Å². The largest absolute Gasteiger partial charge is 0.312 e. The maximum absolute atomic E-state index is 12.6. The zero-order valence-corrected chi connectivity index (χ0v) is 11.9.